The minimum Gasteiger partial charge on any atom is -0.497 e. The van der Waals surface area contributed by atoms with E-state index >= 15 is 0 Å². The number of fused-ring (bicyclic) bond motifs is 1. The summed E-state index contributed by atoms with van der Waals surface area (Å²) < 4.78 is 5.32. The molecule has 0 atom stereocenters. The molecule has 0 aromatic heterocycles. The quantitative estimate of drug-likeness (QED) is 0.831. The number of methoxy groups -OCH3 is 1. The van der Waals surface area contributed by atoms with Crippen LogP contribution in [-0.2, 0) is 6.42 Å². The molecule has 2 aromatic rings. The van der Waals surface area contributed by atoms with E-state index < -0.39 is 0 Å². The van der Waals surface area contributed by atoms with Crippen LogP contribution in [0.5, 0.6) is 5.75 Å². The second-order valence-electron chi connectivity index (χ2n) is 5.31. The molecule has 0 aliphatic heterocycles. The Labute approximate surface area is 131 Å². The smallest absolute Gasteiger partial charge is 0.166 e. The fraction of sp³-hybridized carbons (Fsp3) is 0.353. The summed E-state index contributed by atoms with van der Waals surface area (Å²) in [5, 5.41) is 9.61. The second kappa shape index (κ2) is 7.27. The van der Waals surface area contributed by atoms with Crippen LogP contribution in [0.25, 0.3) is 10.8 Å². The van der Waals surface area contributed by atoms with Crippen LogP contribution < -0.4 is 15.4 Å². The Morgan fingerprint density at radius 1 is 1.24 bits per heavy atom. The predicted octanol–water partition coefficient (Wildman–Crippen LogP) is 3.26. The zero-order valence-corrected chi connectivity index (χ0v) is 13.6. The van der Waals surface area contributed by atoms with Crippen LogP contribution in [0.3, 0.4) is 0 Å². The highest BCUT2D eigenvalue weighted by molar-refractivity contribution is 7.80. The Morgan fingerprint density at radius 3 is 2.76 bits per heavy atom. The topological polar surface area (TPSA) is 33.3 Å². The van der Waals surface area contributed by atoms with Crippen LogP contribution in [0.15, 0.2) is 36.4 Å². The number of benzene rings is 2. The van der Waals surface area contributed by atoms with Crippen LogP contribution in [0.4, 0.5) is 0 Å². The minimum absolute atomic E-state index is 0.354. The third-order valence-electron chi connectivity index (χ3n) is 3.28. The average Bonchev–Trinajstić information content (AvgIpc) is 2.46. The predicted molar refractivity (Wildman–Crippen MR) is 93.1 cm³/mol. The molecule has 0 aliphatic carbocycles. The van der Waals surface area contributed by atoms with Crippen molar-refractivity contribution in [2.45, 2.75) is 26.3 Å². The van der Waals surface area contributed by atoms with Gasteiger partial charge >= 0.3 is 0 Å². The van der Waals surface area contributed by atoms with Crippen LogP contribution in [0.2, 0.25) is 0 Å². The van der Waals surface area contributed by atoms with E-state index in [0.29, 0.717) is 11.2 Å². The molecule has 0 saturated heterocycles. The van der Waals surface area contributed by atoms with Crippen molar-refractivity contribution in [3.05, 3.63) is 42.0 Å². The summed E-state index contributed by atoms with van der Waals surface area (Å²) in [7, 11) is 1.70. The Morgan fingerprint density at radius 2 is 2.05 bits per heavy atom. The van der Waals surface area contributed by atoms with E-state index in [1.54, 1.807) is 7.11 Å². The summed E-state index contributed by atoms with van der Waals surface area (Å²) in [4.78, 5) is 0. The van der Waals surface area contributed by atoms with Gasteiger partial charge in [0.05, 0.1) is 7.11 Å². The average molecular weight is 302 g/mol. The molecule has 4 heteroatoms. The van der Waals surface area contributed by atoms with E-state index in [1.165, 1.54) is 16.3 Å². The number of hydrogen-bond acceptors (Lipinski definition) is 2. The molecule has 0 amide bonds. The van der Waals surface area contributed by atoms with Crippen LogP contribution in [-0.4, -0.2) is 24.8 Å². The lowest BCUT2D eigenvalue weighted by atomic mass is 10.0. The first-order valence-corrected chi connectivity index (χ1v) is 7.61. The molecule has 0 aliphatic rings. The number of ether oxygens (including phenoxy) is 1. The first kappa shape index (κ1) is 15.6. The summed E-state index contributed by atoms with van der Waals surface area (Å²) in [5.41, 5.74) is 1.30. The summed E-state index contributed by atoms with van der Waals surface area (Å²) in [6.45, 7) is 4.96. The van der Waals surface area contributed by atoms with E-state index in [-0.39, 0.29) is 0 Å². The highest BCUT2D eigenvalue weighted by atomic mass is 32.1. The Kier molecular flexibility index (Phi) is 5.39. The lowest BCUT2D eigenvalue weighted by molar-refractivity contribution is 0.415. The van der Waals surface area contributed by atoms with Gasteiger partial charge in [0.1, 0.15) is 5.75 Å². The number of hydrogen-bond donors (Lipinski definition) is 2. The molecule has 0 unspecified atom stereocenters. The molecule has 2 N–H and O–H groups in total. The summed E-state index contributed by atoms with van der Waals surface area (Å²) >= 11 is 5.24. The Balaban J connectivity index is 2.06. The van der Waals surface area contributed by atoms with Crippen LogP contribution in [0.1, 0.15) is 19.4 Å². The zero-order valence-electron chi connectivity index (χ0n) is 12.8. The third-order valence-corrected chi connectivity index (χ3v) is 3.54. The van der Waals surface area contributed by atoms with Crippen molar-refractivity contribution in [3.63, 3.8) is 0 Å². The van der Waals surface area contributed by atoms with Crippen molar-refractivity contribution >= 4 is 28.1 Å². The molecule has 0 bridgehead atoms. The van der Waals surface area contributed by atoms with Gasteiger partial charge in [-0.3, -0.25) is 0 Å². The van der Waals surface area contributed by atoms with Gasteiger partial charge in [0, 0.05) is 12.6 Å². The van der Waals surface area contributed by atoms with E-state index in [1.807, 2.05) is 6.07 Å². The van der Waals surface area contributed by atoms with Gasteiger partial charge < -0.3 is 15.4 Å². The summed E-state index contributed by atoms with van der Waals surface area (Å²) in [6.07, 6.45) is 0.921. The van der Waals surface area contributed by atoms with Gasteiger partial charge in [0.2, 0.25) is 0 Å². The van der Waals surface area contributed by atoms with Crippen LogP contribution >= 0.6 is 12.2 Å². The molecular weight excluding hydrogens is 280 g/mol. The lowest BCUT2D eigenvalue weighted by Crippen LogP contribution is -2.40. The van der Waals surface area contributed by atoms with E-state index in [0.717, 1.165) is 18.7 Å². The Bertz CT molecular complexity index is 625. The van der Waals surface area contributed by atoms with Crippen molar-refractivity contribution in [1.29, 1.82) is 0 Å². The monoisotopic (exact) mass is 302 g/mol. The lowest BCUT2D eigenvalue weighted by Gasteiger charge is -2.14. The van der Waals surface area contributed by atoms with Crippen molar-refractivity contribution in [2.24, 2.45) is 0 Å². The highest BCUT2D eigenvalue weighted by Gasteiger charge is 2.03. The van der Waals surface area contributed by atoms with Crippen molar-refractivity contribution in [2.75, 3.05) is 13.7 Å². The maximum atomic E-state index is 5.32. The van der Waals surface area contributed by atoms with E-state index in [2.05, 4.69) is 54.8 Å². The third kappa shape index (κ3) is 4.33. The van der Waals surface area contributed by atoms with Gasteiger partial charge in [-0.25, -0.2) is 0 Å². The fourth-order valence-electron chi connectivity index (χ4n) is 2.29. The first-order chi connectivity index (χ1) is 10.1. The largest absolute Gasteiger partial charge is 0.497 e. The van der Waals surface area contributed by atoms with Crippen molar-refractivity contribution < 1.29 is 4.74 Å². The van der Waals surface area contributed by atoms with E-state index in [9.17, 15) is 0 Å². The molecule has 0 spiro atoms. The Hall–Kier alpha value is -1.81. The van der Waals surface area contributed by atoms with Crippen molar-refractivity contribution in [3.8, 4) is 5.75 Å². The molecule has 112 valence electrons. The maximum absolute atomic E-state index is 5.32. The van der Waals surface area contributed by atoms with Gasteiger partial charge in [-0.05, 0) is 61.0 Å². The summed E-state index contributed by atoms with van der Waals surface area (Å²) in [5.74, 6) is 0.889. The minimum atomic E-state index is 0.354. The van der Waals surface area contributed by atoms with Crippen molar-refractivity contribution in [1.82, 2.24) is 10.6 Å². The van der Waals surface area contributed by atoms with E-state index in [4.69, 9.17) is 17.0 Å². The maximum Gasteiger partial charge on any atom is 0.166 e. The highest BCUT2D eigenvalue weighted by Crippen LogP contribution is 2.24. The summed E-state index contributed by atoms with van der Waals surface area (Å²) in [6, 6.07) is 12.9. The first-order valence-electron chi connectivity index (χ1n) is 7.20. The van der Waals surface area contributed by atoms with Gasteiger partial charge in [-0.1, -0.05) is 24.3 Å². The fourth-order valence-corrected chi connectivity index (χ4v) is 2.62. The molecule has 0 radical (unpaired) electrons. The van der Waals surface area contributed by atoms with Gasteiger partial charge in [0.15, 0.2) is 5.11 Å². The molecule has 0 fully saturated rings. The molecule has 21 heavy (non-hydrogen) atoms. The molecule has 2 rings (SSSR count). The van der Waals surface area contributed by atoms with Crippen LogP contribution in [0, 0.1) is 0 Å². The number of thiocarbonyl (C=S) groups is 1. The molecule has 0 heterocycles. The molecule has 2 aromatic carbocycles. The number of rotatable bonds is 5. The number of nitrogens with one attached hydrogen (secondary N) is 2. The van der Waals surface area contributed by atoms with Gasteiger partial charge in [-0.2, -0.15) is 0 Å². The zero-order chi connectivity index (χ0) is 15.2. The van der Waals surface area contributed by atoms with Gasteiger partial charge in [-0.15, -0.1) is 0 Å². The molecule has 3 nitrogen and oxygen atoms in total. The standard InChI is InChI=1S/C17H22N2OS/c1-12(2)19-17(21)18-10-9-14-6-4-5-13-7-8-15(20-3)11-16(13)14/h4-8,11-12H,9-10H2,1-3H3,(H2,18,19,21). The molecular formula is C17H22N2OS. The van der Waals surface area contributed by atoms with Gasteiger partial charge in [0.25, 0.3) is 0 Å². The second-order valence-corrected chi connectivity index (χ2v) is 5.72. The SMILES string of the molecule is COc1ccc2cccc(CCNC(=S)NC(C)C)c2c1. The normalized spacial score (nSPS) is 10.7. The molecule has 0 saturated carbocycles.